The lowest BCUT2D eigenvalue weighted by molar-refractivity contribution is -0.141. The highest BCUT2D eigenvalue weighted by Gasteiger charge is 2.28. The van der Waals surface area contributed by atoms with Gasteiger partial charge >= 0.3 is 5.97 Å². The number of nitrogens with zero attached hydrogens (tertiary/aromatic N) is 3. The van der Waals surface area contributed by atoms with Crippen molar-refractivity contribution in [3.05, 3.63) is 48.3 Å². The van der Waals surface area contributed by atoms with Crippen LogP contribution in [0, 0.1) is 11.7 Å². The van der Waals surface area contributed by atoms with Crippen LogP contribution in [0.2, 0.25) is 0 Å². The zero-order valence-electron chi connectivity index (χ0n) is 14.9. The number of piperidine rings is 1. The smallest absolute Gasteiger partial charge is 0.357 e. The summed E-state index contributed by atoms with van der Waals surface area (Å²) in [4.78, 5) is 30.7. The molecule has 7 heteroatoms. The van der Waals surface area contributed by atoms with Gasteiger partial charge in [0, 0.05) is 18.8 Å². The Balaban J connectivity index is 1.68. The fourth-order valence-corrected chi connectivity index (χ4v) is 3.01. The molecular formula is C19H22FN3O3. The predicted octanol–water partition coefficient (Wildman–Crippen LogP) is 2.82. The maximum Gasteiger partial charge on any atom is 0.357 e. The monoisotopic (exact) mass is 359 g/mol. The van der Waals surface area contributed by atoms with Crippen LogP contribution in [0.4, 0.5) is 4.39 Å². The highest BCUT2D eigenvalue weighted by atomic mass is 19.1. The van der Waals surface area contributed by atoms with Crippen LogP contribution in [-0.2, 0) is 9.53 Å². The van der Waals surface area contributed by atoms with Gasteiger partial charge in [0.2, 0.25) is 0 Å². The summed E-state index contributed by atoms with van der Waals surface area (Å²) in [6.45, 7) is 5.13. The summed E-state index contributed by atoms with van der Waals surface area (Å²) < 4.78 is 19.9. The van der Waals surface area contributed by atoms with Crippen LogP contribution in [-0.4, -0.2) is 45.5 Å². The molecule has 1 saturated heterocycles. The van der Waals surface area contributed by atoms with E-state index >= 15 is 0 Å². The Labute approximate surface area is 151 Å². The molecule has 1 fully saturated rings. The minimum atomic E-state index is -0.868. The van der Waals surface area contributed by atoms with E-state index < -0.39 is 12.1 Å². The molecule has 2 heterocycles. The number of rotatable bonds is 4. The van der Waals surface area contributed by atoms with E-state index in [1.54, 1.807) is 11.8 Å². The molecule has 26 heavy (non-hydrogen) atoms. The third-order valence-electron chi connectivity index (χ3n) is 4.68. The number of carbonyl (C=O) groups is 2. The number of benzene rings is 1. The predicted molar refractivity (Wildman–Crippen MR) is 93.4 cm³/mol. The molecule has 0 unspecified atom stereocenters. The molecule has 0 bridgehead atoms. The first-order valence-electron chi connectivity index (χ1n) is 8.73. The van der Waals surface area contributed by atoms with E-state index in [4.69, 9.17) is 4.74 Å². The average molecular weight is 359 g/mol. The van der Waals surface area contributed by atoms with E-state index in [9.17, 15) is 14.0 Å². The van der Waals surface area contributed by atoms with Gasteiger partial charge in [0.05, 0.1) is 12.5 Å². The normalized spacial score (nSPS) is 16.3. The van der Waals surface area contributed by atoms with E-state index in [-0.39, 0.29) is 17.4 Å². The largest absolute Gasteiger partial charge is 0.448 e. The Morgan fingerprint density at radius 3 is 2.54 bits per heavy atom. The summed E-state index contributed by atoms with van der Waals surface area (Å²) in [6, 6.07) is 5.68. The van der Waals surface area contributed by atoms with E-state index in [1.165, 1.54) is 41.4 Å². The van der Waals surface area contributed by atoms with Gasteiger partial charge in [0.25, 0.3) is 5.91 Å². The molecule has 2 aromatic rings. The molecule has 1 aromatic carbocycles. The zero-order valence-corrected chi connectivity index (χ0v) is 14.9. The third-order valence-corrected chi connectivity index (χ3v) is 4.68. The molecule has 1 amide bonds. The Morgan fingerprint density at radius 2 is 1.88 bits per heavy atom. The number of amides is 1. The number of halogens is 1. The molecule has 138 valence electrons. The summed E-state index contributed by atoms with van der Waals surface area (Å²) >= 11 is 0. The molecule has 1 aromatic heterocycles. The van der Waals surface area contributed by atoms with Crippen LogP contribution in [0.1, 0.15) is 37.2 Å². The molecule has 0 N–H and O–H groups in total. The van der Waals surface area contributed by atoms with Gasteiger partial charge in [0.1, 0.15) is 5.82 Å². The first kappa shape index (κ1) is 18.1. The lowest BCUT2D eigenvalue weighted by Gasteiger charge is -2.31. The van der Waals surface area contributed by atoms with Gasteiger partial charge in [-0.3, -0.25) is 9.36 Å². The van der Waals surface area contributed by atoms with Crippen LogP contribution >= 0.6 is 0 Å². The lowest BCUT2D eigenvalue weighted by Crippen LogP contribution is -2.44. The Hall–Kier alpha value is -2.70. The number of imidazole rings is 1. The second-order valence-electron chi connectivity index (χ2n) is 6.68. The van der Waals surface area contributed by atoms with Crippen molar-refractivity contribution in [2.45, 2.75) is 32.8 Å². The minimum absolute atomic E-state index is 0.182. The van der Waals surface area contributed by atoms with Crippen molar-refractivity contribution in [1.29, 1.82) is 0 Å². The van der Waals surface area contributed by atoms with Crippen molar-refractivity contribution >= 4 is 11.9 Å². The van der Waals surface area contributed by atoms with Gasteiger partial charge in [-0.25, -0.2) is 14.2 Å². The maximum absolute atomic E-state index is 13.1. The van der Waals surface area contributed by atoms with Crippen molar-refractivity contribution in [2.24, 2.45) is 5.92 Å². The van der Waals surface area contributed by atoms with Crippen LogP contribution in [0.15, 0.2) is 36.8 Å². The molecule has 0 radical (unpaired) electrons. The SMILES string of the molecule is CC1CCN(C(=O)[C@H](C)OC(=O)c2cncn2-c2ccc(F)cc2)CC1. The topological polar surface area (TPSA) is 64.4 Å². The van der Waals surface area contributed by atoms with E-state index in [0.29, 0.717) is 24.7 Å². The van der Waals surface area contributed by atoms with Crippen LogP contribution < -0.4 is 0 Å². The van der Waals surface area contributed by atoms with Crippen molar-refractivity contribution in [3.63, 3.8) is 0 Å². The number of hydrogen-bond acceptors (Lipinski definition) is 4. The van der Waals surface area contributed by atoms with Gasteiger partial charge in [0.15, 0.2) is 11.8 Å². The van der Waals surface area contributed by atoms with E-state index in [1.807, 2.05) is 0 Å². The number of ether oxygens (including phenoxy) is 1. The Kier molecular flexibility index (Phi) is 5.35. The molecule has 6 nitrogen and oxygen atoms in total. The number of aromatic nitrogens is 2. The average Bonchev–Trinajstić information content (AvgIpc) is 3.12. The highest BCUT2D eigenvalue weighted by molar-refractivity contribution is 5.91. The lowest BCUT2D eigenvalue weighted by atomic mass is 9.99. The standard InChI is InChI=1S/C19H22FN3O3/c1-13-7-9-22(10-8-13)18(24)14(2)26-19(25)17-11-21-12-23(17)16-5-3-15(20)4-6-16/h3-6,11-14H,7-10H2,1-2H3/t14-/m0/s1. The summed E-state index contributed by atoms with van der Waals surface area (Å²) in [6.07, 6.45) is 3.87. The third kappa shape index (κ3) is 3.92. The minimum Gasteiger partial charge on any atom is -0.448 e. The fourth-order valence-electron chi connectivity index (χ4n) is 3.01. The molecule has 0 aliphatic carbocycles. The Morgan fingerprint density at radius 1 is 1.23 bits per heavy atom. The van der Waals surface area contributed by atoms with Crippen LogP contribution in [0.3, 0.4) is 0 Å². The van der Waals surface area contributed by atoms with Gasteiger partial charge in [-0.05, 0) is 49.9 Å². The van der Waals surface area contributed by atoms with Crippen molar-refractivity contribution in [3.8, 4) is 5.69 Å². The first-order chi connectivity index (χ1) is 12.5. The maximum atomic E-state index is 13.1. The molecule has 1 aliphatic heterocycles. The van der Waals surface area contributed by atoms with Crippen molar-refractivity contribution < 1.29 is 18.7 Å². The number of esters is 1. The molecular weight excluding hydrogens is 337 g/mol. The molecule has 1 aliphatic rings. The number of carbonyl (C=O) groups excluding carboxylic acids is 2. The zero-order chi connectivity index (χ0) is 18.7. The van der Waals surface area contributed by atoms with Crippen molar-refractivity contribution in [1.82, 2.24) is 14.5 Å². The summed E-state index contributed by atoms with van der Waals surface area (Å²) in [5.41, 5.74) is 0.767. The molecule has 0 spiro atoms. The van der Waals surface area contributed by atoms with Crippen LogP contribution in [0.5, 0.6) is 0 Å². The van der Waals surface area contributed by atoms with Gasteiger partial charge in [-0.1, -0.05) is 6.92 Å². The van der Waals surface area contributed by atoms with Crippen LogP contribution in [0.25, 0.3) is 5.69 Å². The second-order valence-corrected chi connectivity index (χ2v) is 6.68. The first-order valence-corrected chi connectivity index (χ1v) is 8.73. The Bertz CT molecular complexity index is 780. The number of hydrogen-bond donors (Lipinski definition) is 0. The van der Waals surface area contributed by atoms with E-state index in [2.05, 4.69) is 11.9 Å². The summed E-state index contributed by atoms with van der Waals surface area (Å²) in [5, 5.41) is 0. The summed E-state index contributed by atoms with van der Waals surface area (Å²) in [7, 11) is 0. The van der Waals surface area contributed by atoms with E-state index in [0.717, 1.165) is 12.8 Å². The van der Waals surface area contributed by atoms with Gasteiger partial charge in [-0.2, -0.15) is 0 Å². The summed E-state index contributed by atoms with van der Waals surface area (Å²) in [5.74, 6) is -0.578. The van der Waals surface area contributed by atoms with Crippen molar-refractivity contribution in [2.75, 3.05) is 13.1 Å². The molecule has 3 rings (SSSR count). The number of likely N-dealkylation sites (tertiary alicyclic amines) is 1. The second kappa shape index (κ2) is 7.68. The quantitative estimate of drug-likeness (QED) is 0.788. The highest BCUT2D eigenvalue weighted by Crippen LogP contribution is 2.18. The fraction of sp³-hybridized carbons (Fsp3) is 0.421. The van der Waals surface area contributed by atoms with Gasteiger partial charge < -0.3 is 9.64 Å². The van der Waals surface area contributed by atoms with Gasteiger partial charge in [-0.15, -0.1) is 0 Å². The molecule has 0 saturated carbocycles. The molecule has 1 atom stereocenters.